The lowest BCUT2D eigenvalue weighted by atomic mass is 10.1. The number of amides is 1. The minimum atomic E-state index is -0.331. The molecule has 1 fully saturated rings. The SMILES string of the molecule is Cc1cc(=O)c(C(=O)NCC2(CCl)CC2)c[nH]1. The van der Waals surface area contributed by atoms with Crippen LogP contribution in [0.15, 0.2) is 17.1 Å². The van der Waals surface area contributed by atoms with Gasteiger partial charge in [-0.2, -0.15) is 0 Å². The van der Waals surface area contributed by atoms with Crippen molar-refractivity contribution < 1.29 is 4.79 Å². The maximum atomic E-state index is 11.8. The summed E-state index contributed by atoms with van der Waals surface area (Å²) in [6.45, 7) is 2.32. The highest BCUT2D eigenvalue weighted by molar-refractivity contribution is 6.18. The Labute approximate surface area is 104 Å². The summed E-state index contributed by atoms with van der Waals surface area (Å²) in [6, 6.07) is 1.42. The lowest BCUT2D eigenvalue weighted by Gasteiger charge is -2.12. The van der Waals surface area contributed by atoms with E-state index in [4.69, 9.17) is 11.6 Å². The van der Waals surface area contributed by atoms with Gasteiger partial charge in [-0.3, -0.25) is 9.59 Å². The number of aryl methyl sites for hydroxylation is 1. The van der Waals surface area contributed by atoms with Crippen LogP contribution in [0.5, 0.6) is 0 Å². The molecule has 4 nitrogen and oxygen atoms in total. The molecular formula is C12H15ClN2O2. The molecule has 0 atom stereocenters. The predicted octanol–water partition coefficient (Wildman–Crippen LogP) is 1.43. The topological polar surface area (TPSA) is 62.0 Å². The molecule has 1 aromatic heterocycles. The van der Waals surface area contributed by atoms with Gasteiger partial charge in [0.25, 0.3) is 5.91 Å². The zero-order valence-electron chi connectivity index (χ0n) is 9.68. The van der Waals surface area contributed by atoms with Crippen molar-refractivity contribution in [3.05, 3.63) is 33.7 Å². The maximum Gasteiger partial charge on any atom is 0.256 e. The standard InChI is InChI=1S/C12H15ClN2O2/c1-8-4-10(16)9(5-14-8)11(17)15-7-12(6-13)2-3-12/h4-5H,2-3,6-7H2,1H3,(H,14,16)(H,15,17). The molecule has 17 heavy (non-hydrogen) atoms. The molecule has 1 aliphatic carbocycles. The van der Waals surface area contributed by atoms with Crippen molar-refractivity contribution in [2.24, 2.45) is 5.41 Å². The molecule has 92 valence electrons. The number of nitrogens with one attached hydrogen (secondary N) is 2. The highest BCUT2D eigenvalue weighted by atomic mass is 35.5. The van der Waals surface area contributed by atoms with Gasteiger partial charge in [0.15, 0.2) is 5.43 Å². The number of pyridine rings is 1. The third-order valence-corrected chi connectivity index (χ3v) is 3.73. The van der Waals surface area contributed by atoms with Gasteiger partial charge in [-0.15, -0.1) is 11.6 Å². The molecule has 1 aromatic rings. The fourth-order valence-electron chi connectivity index (χ4n) is 1.65. The number of carbonyl (C=O) groups is 1. The van der Waals surface area contributed by atoms with E-state index in [2.05, 4.69) is 10.3 Å². The molecule has 0 aromatic carbocycles. The number of alkyl halides is 1. The van der Waals surface area contributed by atoms with E-state index in [0.29, 0.717) is 12.4 Å². The molecule has 1 aliphatic rings. The highest BCUT2D eigenvalue weighted by Crippen LogP contribution is 2.45. The Bertz CT molecular complexity index is 492. The van der Waals surface area contributed by atoms with Gasteiger partial charge in [-0.1, -0.05) is 0 Å². The lowest BCUT2D eigenvalue weighted by Crippen LogP contribution is -2.34. The normalized spacial score (nSPS) is 16.6. The molecule has 0 aliphatic heterocycles. The molecule has 1 saturated carbocycles. The van der Waals surface area contributed by atoms with Crippen molar-refractivity contribution >= 4 is 17.5 Å². The Morgan fingerprint density at radius 2 is 2.29 bits per heavy atom. The summed E-state index contributed by atoms with van der Waals surface area (Å²) in [4.78, 5) is 26.2. The van der Waals surface area contributed by atoms with Crippen LogP contribution in [0.3, 0.4) is 0 Å². The summed E-state index contributed by atoms with van der Waals surface area (Å²) in [6.07, 6.45) is 3.54. The van der Waals surface area contributed by atoms with Gasteiger partial charge >= 0.3 is 0 Å². The number of carbonyl (C=O) groups excluding carboxylic acids is 1. The average Bonchev–Trinajstić information content (AvgIpc) is 3.07. The molecule has 1 amide bonds. The van der Waals surface area contributed by atoms with E-state index in [0.717, 1.165) is 18.5 Å². The number of aromatic amines is 1. The second-order valence-electron chi connectivity index (χ2n) is 4.71. The lowest BCUT2D eigenvalue weighted by molar-refractivity contribution is 0.0945. The number of aromatic nitrogens is 1. The summed E-state index contributed by atoms with van der Waals surface area (Å²) in [7, 11) is 0. The number of halogens is 1. The molecule has 1 heterocycles. The Morgan fingerprint density at radius 1 is 1.59 bits per heavy atom. The summed E-state index contributed by atoms with van der Waals surface area (Å²) < 4.78 is 0. The first-order chi connectivity index (χ1) is 8.06. The van der Waals surface area contributed by atoms with E-state index in [9.17, 15) is 9.59 Å². The van der Waals surface area contributed by atoms with Crippen LogP contribution in [-0.2, 0) is 0 Å². The fraction of sp³-hybridized carbons (Fsp3) is 0.500. The Balaban J connectivity index is 2.02. The van der Waals surface area contributed by atoms with Crippen LogP contribution in [0.25, 0.3) is 0 Å². The molecule has 2 N–H and O–H groups in total. The Hall–Kier alpha value is -1.29. The minimum absolute atomic E-state index is 0.0642. The molecule has 0 bridgehead atoms. The average molecular weight is 255 g/mol. The van der Waals surface area contributed by atoms with Gasteiger partial charge in [-0.05, 0) is 19.8 Å². The monoisotopic (exact) mass is 254 g/mol. The first kappa shape index (κ1) is 12.2. The molecule has 2 rings (SSSR count). The maximum absolute atomic E-state index is 11.8. The van der Waals surface area contributed by atoms with Gasteiger partial charge in [0.1, 0.15) is 5.56 Å². The highest BCUT2D eigenvalue weighted by Gasteiger charge is 2.41. The van der Waals surface area contributed by atoms with Gasteiger partial charge in [0, 0.05) is 35.8 Å². The van der Waals surface area contributed by atoms with Gasteiger partial charge in [-0.25, -0.2) is 0 Å². The van der Waals surface area contributed by atoms with E-state index in [1.165, 1.54) is 12.3 Å². The Kier molecular flexibility index (Phi) is 3.24. The molecule has 0 unspecified atom stereocenters. The number of hydrogen-bond donors (Lipinski definition) is 2. The van der Waals surface area contributed by atoms with Gasteiger partial charge in [0.2, 0.25) is 0 Å². The second-order valence-corrected chi connectivity index (χ2v) is 4.98. The molecule has 5 heteroatoms. The van der Waals surface area contributed by atoms with Crippen molar-refractivity contribution in [2.45, 2.75) is 19.8 Å². The van der Waals surface area contributed by atoms with Crippen LogP contribution in [0, 0.1) is 12.3 Å². The van der Waals surface area contributed by atoms with Crippen molar-refractivity contribution in [2.75, 3.05) is 12.4 Å². The van der Waals surface area contributed by atoms with Crippen LogP contribution < -0.4 is 10.7 Å². The summed E-state index contributed by atoms with van der Waals surface area (Å²) in [5.41, 5.74) is 0.704. The van der Waals surface area contributed by atoms with E-state index < -0.39 is 0 Å². The minimum Gasteiger partial charge on any atom is -0.364 e. The molecule has 0 radical (unpaired) electrons. The zero-order chi connectivity index (χ0) is 12.5. The molecule has 0 saturated heterocycles. The third-order valence-electron chi connectivity index (χ3n) is 3.17. The zero-order valence-corrected chi connectivity index (χ0v) is 10.4. The van der Waals surface area contributed by atoms with E-state index in [1.54, 1.807) is 6.92 Å². The first-order valence-electron chi connectivity index (χ1n) is 5.60. The number of rotatable bonds is 4. The van der Waals surface area contributed by atoms with Crippen LogP contribution in [0.4, 0.5) is 0 Å². The van der Waals surface area contributed by atoms with E-state index in [1.807, 2.05) is 0 Å². The third kappa shape index (κ3) is 2.69. The molecule has 0 spiro atoms. The van der Waals surface area contributed by atoms with E-state index >= 15 is 0 Å². The van der Waals surface area contributed by atoms with Gasteiger partial charge < -0.3 is 10.3 Å². The van der Waals surface area contributed by atoms with Crippen LogP contribution >= 0.6 is 11.6 Å². The van der Waals surface area contributed by atoms with E-state index in [-0.39, 0.29) is 22.3 Å². The predicted molar refractivity (Wildman–Crippen MR) is 66.5 cm³/mol. The largest absolute Gasteiger partial charge is 0.364 e. The second kappa shape index (κ2) is 4.53. The van der Waals surface area contributed by atoms with Crippen molar-refractivity contribution in [1.29, 1.82) is 0 Å². The Morgan fingerprint density at radius 3 is 2.82 bits per heavy atom. The first-order valence-corrected chi connectivity index (χ1v) is 6.13. The van der Waals surface area contributed by atoms with Crippen LogP contribution in [-0.4, -0.2) is 23.3 Å². The van der Waals surface area contributed by atoms with Crippen molar-refractivity contribution in [3.63, 3.8) is 0 Å². The summed E-state index contributed by atoms with van der Waals surface area (Å²) >= 11 is 5.82. The quantitative estimate of drug-likeness (QED) is 0.799. The fourth-order valence-corrected chi connectivity index (χ4v) is 2.01. The van der Waals surface area contributed by atoms with Crippen LogP contribution in [0.2, 0.25) is 0 Å². The van der Waals surface area contributed by atoms with Crippen molar-refractivity contribution in [3.8, 4) is 0 Å². The smallest absolute Gasteiger partial charge is 0.256 e. The van der Waals surface area contributed by atoms with Crippen LogP contribution in [0.1, 0.15) is 28.9 Å². The van der Waals surface area contributed by atoms with Crippen molar-refractivity contribution in [1.82, 2.24) is 10.3 Å². The number of hydrogen-bond acceptors (Lipinski definition) is 2. The number of H-pyrrole nitrogens is 1. The molecular weight excluding hydrogens is 240 g/mol. The van der Waals surface area contributed by atoms with Gasteiger partial charge in [0.05, 0.1) is 0 Å². The summed E-state index contributed by atoms with van der Waals surface area (Å²) in [5.74, 6) is 0.222. The summed E-state index contributed by atoms with van der Waals surface area (Å²) in [5, 5.41) is 2.77.